The number of anilines is 1. The van der Waals surface area contributed by atoms with Gasteiger partial charge in [0.05, 0.1) is 11.6 Å². The van der Waals surface area contributed by atoms with E-state index in [1.165, 1.54) is 12.8 Å². The Morgan fingerprint density at radius 3 is 3.00 bits per heavy atom. The summed E-state index contributed by atoms with van der Waals surface area (Å²) >= 11 is 5.69. The summed E-state index contributed by atoms with van der Waals surface area (Å²) in [7, 11) is 0. The first kappa shape index (κ1) is 10.8. The van der Waals surface area contributed by atoms with Gasteiger partial charge in [-0.25, -0.2) is 0 Å². The number of oxazole rings is 1. The summed E-state index contributed by atoms with van der Waals surface area (Å²) in [6, 6.07) is 0.725. The fraction of sp³-hybridized carbons (Fsp3) is 0.727. The summed E-state index contributed by atoms with van der Waals surface area (Å²) in [5.74, 6) is 0.419. The van der Waals surface area contributed by atoms with Crippen LogP contribution < -0.4 is 4.90 Å². The monoisotopic (exact) mass is 228 g/mol. The van der Waals surface area contributed by atoms with Gasteiger partial charge in [-0.05, 0) is 18.3 Å². The molecule has 0 amide bonds. The topological polar surface area (TPSA) is 29.3 Å². The summed E-state index contributed by atoms with van der Waals surface area (Å²) in [6.45, 7) is 6.62. The smallest absolute Gasteiger partial charge is 0.297 e. The van der Waals surface area contributed by atoms with Crippen molar-refractivity contribution in [2.75, 3.05) is 18.0 Å². The minimum Gasteiger partial charge on any atom is -0.432 e. The molecule has 3 nitrogen and oxygen atoms in total. The number of hydrogen-bond donors (Lipinski definition) is 0. The van der Waals surface area contributed by atoms with Crippen LogP contribution in [-0.4, -0.2) is 18.1 Å². The van der Waals surface area contributed by atoms with Gasteiger partial charge in [-0.15, -0.1) is 11.6 Å². The molecule has 2 rings (SSSR count). The van der Waals surface area contributed by atoms with Gasteiger partial charge in [0.1, 0.15) is 6.26 Å². The molecule has 4 heteroatoms. The number of hydrogen-bond acceptors (Lipinski definition) is 3. The number of aromatic nitrogens is 1. The second-order valence-corrected chi connectivity index (χ2v) is 4.86. The van der Waals surface area contributed by atoms with Gasteiger partial charge in [-0.1, -0.05) is 13.8 Å². The summed E-state index contributed by atoms with van der Waals surface area (Å²) in [5.41, 5.74) is 1.23. The quantitative estimate of drug-likeness (QED) is 0.745. The van der Waals surface area contributed by atoms with Gasteiger partial charge in [0, 0.05) is 13.1 Å². The molecule has 15 heavy (non-hydrogen) atoms. The summed E-state index contributed by atoms with van der Waals surface area (Å²) in [6.07, 6.45) is 4.05. The average Bonchev–Trinajstić information content (AvgIpc) is 2.84. The Hall–Kier alpha value is -0.700. The van der Waals surface area contributed by atoms with Crippen LogP contribution in [0, 0.1) is 5.41 Å². The van der Waals surface area contributed by atoms with Crippen LogP contribution in [0.2, 0.25) is 0 Å². The number of halogens is 1. The maximum absolute atomic E-state index is 5.69. The Kier molecular flexibility index (Phi) is 2.91. The molecule has 0 N–H and O–H groups in total. The van der Waals surface area contributed by atoms with Crippen LogP contribution in [0.3, 0.4) is 0 Å². The van der Waals surface area contributed by atoms with Gasteiger partial charge in [0.2, 0.25) is 0 Å². The standard InChI is InChI=1S/C11H17ClN2O/c1-3-11(2)4-5-14(8-11)10-13-9(6-12)7-15-10/h7H,3-6,8H2,1-2H3. The predicted octanol–water partition coefficient (Wildman–Crippen LogP) is 3.04. The fourth-order valence-corrected chi connectivity index (χ4v) is 2.10. The van der Waals surface area contributed by atoms with Crippen molar-refractivity contribution in [2.24, 2.45) is 5.41 Å². The molecule has 0 bridgehead atoms. The Bertz CT molecular complexity index is 339. The van der Waals surface area contributed by atoms with E-state index in [4.69, 9.17) is 16.0 Å². The SMILES string of the molecule is CCC1(C)CCN(c2nc(CCl)co2)C1. The van der Waals surface area contributed by atoms with Crippen LogP contribution in [0.4, 0.5) is 6.01 Å². The second kappa shape index (κ2) is 4.05. The zero-order valence-electron chi connectivity index (χ0n) is 9.29. The zero-order valence-corrected chi connectivity index (χ0v) is 10.0. The third kappa shape index (κ3) is 2.12. The molecule has 1 atom stereocenters. The highest BCUT2D eigenvalue weighted by atomic mass is 35.5. The van der Waals surface area contributed by atoms with Crippen molar-refractivity contribution in [1.82, 2.24) is 4.98 Å². The molecule has 1 aromatic heterocycles. The second-order valence-electron chi connectivity index (χ2n) is 4.59. The van der Waals surface area contributed by atoms with E-state index in [0.717, 1.165) is 24.8 Å². The lowest BCUT2D eigenvalue weighted by molar-refractivity contribution is 0.353. The largest absolute Gasteiger partial charge is 0.432 e. The molecule has 0 aromatic carbocycles. The van der Waals surface area contributed by atoms with Gasteiger partial charge in [0.15, 0.2) is 0 Å². The molecule has 0 aliphatic carbocycles. The lowest BCUT2D eigenvalue weighted by atomic mass is 9.87. The third-order valence-electron chi connectivity index (χ3n) is 3.36. The summed E-state index contributed by atoms with van der Waals surface area (Å²) in [5, 5.41) is 0. The van der Waals surface area contributed by atoms with Crippen molar-refractivity contribution >= 4 is 17.6 Å². The molecule has 84 valence electrons. The Balaban J connectivity index is 2.07. The van der Waals surface area contributed by atoms with Gasteiger partial charge in [0.25, 0.3) is 6.01 Å². The van der Waals surface area contributed by atoms with Gasteiger partial charge in [-0.3, -0.25) is 0 Å². The van der Waals surface area contributed by atoms with E-state index in [0.29, 0.717) is 11.3 Å². The van der Waals surface area contributed by atoms with Gasteiger partial charge in [-0.2, -0.15) is 4.98 Å². The zero-order chi connectivity index (χ0) is 10.9. The molecule has 0 radical (unpaired) electrons. The van der Waals surface area contributed by atoms with Crippen LogP contribution in [-0.2, 0) is 5.88 Å². The van der Waals surface area contributed by atoms with Crippen LogP contribution in [0.15, 0.2) is 10.7 Å². The molecule has 1 aromatic rings. The minimum absolute atomic E-state index is 0.412. The van der Waals surface area contributed by atoms with Gasteiger partial charge >= 0.3 is 0 Å². The lowest BCUT2D eigenvalue weighted by Crippen LogP contribution is -2.24. The first-order chi connectivity index (χ1) is 7.17. The average molecular weight is 229 g/mol. The summed E-state index contributed by atoms with van der Waals surface area (Å²) in [4.78, 5) is 6.55. The van der Waals surface area contributed by atoms with E-state index in [9.17, 15) is 0 Å². The Morgan fingerprint density at radius 2 is 2.47 bits per heavy atom. The number of rotatable bonds is 3. The van der Waals surface area contributed by atoms with E-state index in [2.05, 4.69) is 23.7 Å². The van der Waals surface area contributed by atoms with Gasteiger partial charge < -0.3 is 9.32 Å². The van der Waals surface area contributed by atoms with Crippen molar-refractivity contribution in [1.29, 1.82) is 0 Å². The Morgan fingerprint density at radius 1 is 1.67 bits per heavy atom. The lowest BCUT2D eigenvalue weighted by Gasteiger charge is -2.21. The molecule has 1 saturated heterocycles. The molecule has 1 aliphatic rings. The van der Waals surface area contributed by atoms with Crippen molar-refractivity contribution in [3.05, 3.63) is 12.0 Å². The number of nitrogens with zero attached hydrogens (tertiary/aromatic N) is 2. The molecule has 1 fully saturated rings. The van der Waals surface area contributed by atoms with E-state index < -0.39 is 0 Å². The highest BCUT2D eigenvalue weighted by Gasteiger charge is 2.33. The van der Waals surface area contributed by atoms with Crippen molar-refractivity contribution in [2.45, 2.75) is 32.6 Å². The maximum atomic E-state index is 5.69. The van der Waals surface area contributed by atoms with Crippen molar-refractivity contribution < 1.29 is 4.42 Å². The van der Waals surface area contributed by atoms with E-state index in [1.54, 1.807) is 6.26 Å². The van der Waals surface area contributed by atoms with Crippen LogP contribution >= 0.6 is 11.6 Å². The first-order valence-corrected chi connectivity index (χ1v) is 5.95. The molecule has 2 heterocycles. The van der Waals surface area contributed by atoms with Crippen LogP contribution in [0.5, 0.6) is 0 Å². The molecule has 0 saturated carbocycles. The maximum Gasteiger partial charge on any atom is 0.297 e. The molecule has 1 aliphatic heterocycles. The van der Waals surface area contributed by atoms with Crippen LogP contribution in [0.25, 0.3) is 0 Å². The van der Waals surface area contributed by atoms with E-state index in [-0.39, 0.29) is 0 Å². The molecule has 1 unspecified atom stereocenters. The highest BCUT2D eigenvalue weighted by Crippen LogP contribution is 2.35. The van der Waals surface area contributed by atoms with Crippen molar-refractivity contribution in [3.8, 4) is 0 Å². The normalized spacial score (nSPS) is 26.2. The fourth-order valence-electron chi connectivity index (χ4n) is 1.98. The molecular weight excluding hydrogens is 212 g/mol. The van der Waals surface area contributed by atoms with Crippen molar-refractivity contribution in [3.63, 3.8) is 0 Å². The van der Waals surface area contributed by atoms with E-state index in [1.807, 2.05) is 0 Å². The highest BCUT2D eigenvalue weighted by molar-refractivity contribution is 6.16. The third-order valence-corrected chi connectivity index (χ3v) is 3.63. The summed E-state index contributed by atoms with van der Waals surface area (Å²) < 4.78 is 5.41. The molecular formula is C11H17ClN2O. The van der Waals surface area contributed by atoms with Crippen LogP contribution in [0.1, 0.15) is 32.4 Å². The minimum atomic E-state index is 0.412. The number of alkyl halides is 1. The predicted molar refractivity (Wildman–Crippen MR) is 61.3 cm³/mol. The Labute approximate surface area is 95.4 Å². The first-order valence-electron chi connectivity index (χ1n) is 5.42. The van der Waals surface area contributed by atoms with E-state index >= 15 is 0 Å². The molecule has 0 spiro atoms.